The summed E-state index contributed by atoms with van der Waals surface area (Å²) in [4.78, 5) is 28.8. The molecule has 0 saturated heterocycles. The van der Waals surface area contributed by atoms with Gasteiger partial charge in [-0.15, -0.1) is 0 Å². The Hall–Kier alpha value is -2.77. The van der Waals surface area contributed by atoms with Gasteiger partial charge in [-0.2, -0.15) is 0 Å². The lowest BCUT2D eigenvalue weighted by atomic mass is 10.2. The van der Waals surface area contributed by atoms with Crippen LogP contribution in [0, 0.1) is 11.6 Å². The first-order chi connectivity index (χ1) is 11.4. The third-order valence-electron chi connectivity index (χ3n) is 3.85. The molecule has 0 bridgehead atoms. The summed E-state index contributed by atoms with van der Waals surface area (Å²) in [5, 5.41) is 9.14. The molecule has 6 nitrogen and oxygen atoms in total. The van der Waals surface area contributed by atoms with Crippen LogP contribution >= 0.6 is 0 Å². The van der Waals surface area contributed by atoms with Crippen molar-refractivity contribution in [2.75, 3.05) is 0 Å². The summed E-state index contributed by atoms with van der Waals surface area (Å²) in [5.74, 6) is -3.88. The highest BCUT2D eigenvalue weighted by Gasteiger charge is 2.39. The molecule has 2 aromatic rings. The second-order valence-electron chi connectivity index (χ2n) is 5.59. The average molecular weight is 336 g/mol. The van der Waals surface area contributed by atoms with Gasteiger partial charge in [0.1, 0.15) is 29.5 Å². The van der Waals surface area contributed by atoms with Crippen molar-refractivity contribution in [3.8, 4) is 11.5 Å². The fraction of sp³-hybridized carbons (Fsp3) is 0.312. The van der Waals surface area contributed by atoms with Crippen molar-refractivity contribution in [3.63, 3.8) is 0 Å². The van der Waals surface area contributed by atoms with E-state index >= 15 is 0 Å². The summed E-state index contributed by atoms with van der Waals surface area (Å²) in [7, 11) is 0. The maximum Gasteiger partial charge on any atom is 0.326 e. The molecule has 1 atom stereocenters. The van der Waals surface area contributed by atoms with Crippen molar-refractivity contribution in [3.05, 3.63) is 41.8 Å². The number of carbonyl (C=O) groups excluding carboxylic acids is 1. The molecule has 1 unspecified atom stereocenters. The largest absolute Gasteiger partial charge is 0.480 e. The highest BCUT2D eigenvalue weighted by atomic mass is 19.1. The van der Waals surface area contributed by atoms with E-state index in [1.807, 2.05) is 0 Å². The van der Waals surface area contributed by atoms with Crippen LogP contribution in [0.5, 0.6) is 0 Å². The number of carboxylic acid groups (broad SMARTS) is 1. The number of halogens is 2. The van der Waals surface area contributed by atoms with Gasteiger partial charge in [-0.25, -0.2) is 18.6 Å². The van der Waals surface area contributed by atoms with E-state index in [-0.39, 0.29) is 17.6 Å². The van der Waals surface area contributed by atoms with Crippen molar-refractivity contribution in [1.29, 1.82) is 0 Å². The summed E-state index contributed by atoms with van der Waals surface area (Å²) < 4.78 is 32.6. The summed E-state index contributed by atoms with van der Waals surface area (Å²) >= 11 is 0. The number of hydrogen-bond donors (Lipinski definition) is 1. The molecule has 0 radical (unpaired) electrons. The predicted molar refractivity (Wildman–Crippen MR) is 78.1 cm³/mol. The molecule has 1 saturated carbocycles. The van der Waals surface area contributed by atoms with Crippen molar-refractivity contribution >= 4 is 11.9 Å². The molecular weight excluding hydrogens is 322 g/mol. The molecule has 1 fully saturated rings. The number of carbonyl (C=O) groups is 2. The SMILES string of the molecule is CC(C(=O)O)N(C(=O)c1coc(-c2c(F)cccc2F)n1)C1CC1. The molecule has 24 heavy (non-hydrogen) atoms. The van der Waals surface area contributed by atoms with Crippen LogP contribution in [-0.2, 0) is 4.79 Å². The molecule has 1 N–H and O–H groups in total. The molecule has 1 amide bonds. The van der Waals surface area contributed by atoms with Crippen molar-refractivity contribution in [2.24, 2.45) is 0 Å². The quantitative estimate of drug-likeness (QED) is 0.907. The van der Waals surface area contributed by atoms with Crippen LogP contribution in [0.15, 0.2) is 28.9 Å². The topological polar surface area (TPSA) is 83.6 Å². The Kier molecular flexibility index (Phi) is 4.04. The Balaban J connectivity index is 1.92. The Morgan fingerprint density at radius 1 is 1.33 bits per heavy atom. The van der Waals surface area contributed by atoms with Gasteiger partial charge in [-0.1, -0.05) is 6.07 Å². The zero-order chi connectivity index (χ0) is 17.4. The average Bonchev–Trinajstić information content (AvgIpc) is 3.23. The number of rotatable bonds is 5. The summed E-state index contributed by atoms with van der Waals surface area (Å²) in [5.41, 5.74) is -0.659. The summed E-state index contributed by atoms with van der Waals surface area (Å²) in [6, 6.07) is 2.09. The zero-order valence-corrected chi connectivity index (χ0v) is 12.7. The number of carboxylic acids is 1. The van der Waals surface area contributed by atoms with Crippen LogP contribution in [-0.4, -0.2) is 39.0 Å². The van der Waals surface area contributed by atoms with Crippen LogP contribution in [0.25, 0.3) is 11.5 Å². The predicted octanol–water partition coefficient (Wildman–Crippen LogP) is 2.70. The first kappa shape index (κ1) is 16.1. The molecule has 1 aliphatic carbocycles. The second kappa shape index (κ2) is 6.03. The van der Waals surface area contributed by atoms with Crippen molar-refractivity contribution < 1.29 is 27.9 Å². The number of benzene rings is 1. The van der Waals surface area contributed by atoms with Crippen molar-refractivity contribution in [2.45, 2.75) is 31.8 Å². The van der Waals surface area contributed by atoms with Crippen LogP contribution in [0.2, 0.25) is 0 Å². The van der Waals surface area contributed by atoms with Gasteiger partial charge in [0.05, 0.1) is 0 Å². The van der Waals surface area contributed by atoms with Gasteiger partial charge >= 0.3 is 5.97 Å². The minimum atomic E-state index is -1.14. The normalized spacial score (nSPS) is 15.1. The van der Waals surface area contributed by atoms with Crippen LogP contribution in [0.1, 0.15) is 30.3 Å². The van der Waals surface area contributed by atoms with E-state index in [4.69, 9.17) is 9.52 Å². The van der Waals surface area contributed by atoms with Crippen molar-refractivity contribution in [1.82, 2.24) is 9.88 Å². The lowest BCUT2D eigenvalue weighted by Crippen LogP contribution is -2.44. The second-order valence-corrected chi connectivity index (χ2v) is 5.59. The van der Waals surface area contributed by atoms with Gasteiger partial charge in [0.2, 0.25) is 5.89 Å². The molecule has 1 heterocycles. The highest BCUT2D eigenvalue weighted by Crippen LogP contribution is 2.31. The molecule has 3 rings (SSSR count). The molecular formula is C16H14F2N2O4. The number of hydrogen-bond acceptors (Lipinski definition) is 4. The van der Waals surface area contributed by atoms with Gasteiger partial charge in [0.25, 0.3) is 5.91 Å². The van der Waals surface area contributed by atoms with E-state index < -0.39 is 35.1 Å². The first-order valence-electron chi connectivity index (χ1n) is 7.35. The third kappa shape index (κ3) is 2.86. The van der Waals surface area contributed by atoms with E-state index in [2.05, 4.69) is 4.98 Å². The molecule has 1 aromatic carbocycles. The minimum absolute atomic E-state index is 0.172. The van der Waals surface area contributed by atoms with E-state index in [0.29, 0.717) is 12.8 Å². The van der Waals surface area contributed by atoms with E-state index in [0.717, 1.165) is 18.4 Å². The molecule has 0 aliphatic heterocycles. The Morgan fingerprint density at radius 3 is 2.50 bits per heavy atom. The van der Waals surface area contributed by atoms with Crippen LogP contribution in [0.3, 0.4) is 0 Å². The molecule has 1 aliphatic rings. The maximum absolute atomic E-state index is 13.8. The molecule has 0 spiro atoms. The summed E-state index contributed by atoms with van der Waals surface area (Å²) in [6.45, 7) is 1.40. The first-order valence-corrected chi connectivity index (χ1v) is 7.35. The standard InChI is InChI=1S/C16H14F2N2O4/c1-8(16(22)23)20(9-5-6-9)15(21)12-7-24-14(19-12)13-10(17)3-2-4-11(13)18/h2-4,7-9H,5-6H2,1H3,(H,22,23). The number of amides is 1. The number of aliphatic carboxylic acids is 1. The minimum Gasteiger partial charge on any atom is -0.480 e. The van der Waals surface area contributed by atoms with Gasteiger partial charge in [-0.05, 0) is 31.9 Å². The zero-order valence-electron chi connectivity index (χ0n) is 12.7. The Labute approximate surface area is 135 Å². The Morgan fingerprint density at radius 2 is 1.96 bits per heavy atom. The van der Waals surface area contributed by atoms with Gasteiger partial charge in [-0.3, -0.25) is 4.79 Å². The maximum atomic E-state index is 13.8. The van der Waals surface area contributed by atoms with Gasteiger partial charge in [0, 0.05) is 6.04 Å². The fourth-order valence-corrected chi connectivity index (χ4v) is 2.45. The Bertz CT molecular complexity index is 781. The fourth-order valence-electron chi connectivity index (χ4n) is 2.45. The molecule has 1 aromatic heterocycles. The third-order valence-corrected chi connectivity index (χ3v) is 3.85. The number of nitrogens with zero attached hydrogens (tertiary/aromatic N) is 2. The lowest BCUT2D eigenvalue weighted by Gasteiger charge is -2.25. The highest BCUT2D eigenvalue weighted by molar-refractivity contribution is 5.95. The summed E-state index contributed by atoms with van der Waals surface area (Å²) in [6.07, 6.45) is 2.39. The van der Waals surface area contributed by atoms with E-state index in [9.17, 15) is 18.4 Å². The van der Waals surface area contributed by atoms with E-state index in [1.165, 1.54) is 17.9 Å². The number of aromatic nitrogens is 1. The monoisotopic (exact) mass is 336 g/mol. The van der Waals surface area contributed by atoms with Crippen LogP contribution < -0.4 is 0 Å². The number of oxazole rings is 1. The molecule has 126 valence electrons. The van der Waals surface area contributed by atoms with Gasteiger partial charge < -0.3 is 14.4 Å². The van der Waals surface area contributed by atoms with E-state index in [1.54, 1.807) is 0 Å². The smallest absolute Gasteiger partial charge is 0.326 e. The van der Waals surface area contributed by atoms with Crippen LogP contribution in [0.4, 0.5) is 8.78 Å². The lowest BCUT2D eigenvalue weighted by molar-refractivity contribution is -0.141. The van der Waals surface area contributed by atoms with Gasteiger partial charge in [0.15, 0.2) is 5.69 Å². The molecule has 8 heteroatoms.